The molecular weight excluding hydrogens is 310 g/mol. The molecule has 3 rings (SSSR count). The normalized spacial score (nSPS) is 15.2. The maximum atomic E-state index is 14.7. The van der Waals surface area contributed by atoms with Gasteiger partial charge in [-0.1, -0.05) is 0 Å². The van der Waals surface area contributed by atoms with Gasteiger partial charge in [-0.25, -0.2) is 13.6 Å². The molecule has 1 fully saturated rings. The van der Waals surface area contributed by atoms with Crippen LogP contribution in [0, 0.1) is 23.0 Å². The van der Waals surface area contributed by atoms with E-state index in [1.54, 1.807) is 0 Å². The van der Waals surface area contributed by atoms with Crippen LogP contribution in [0.1, 0.15) is 24.8 Å². The van der Waals surface area contributed by atoms with Gasteiger partial charge in [0.1, 0.15) is 5.82 Å². The fourth-order valence-electron chi connectivity index (χ4n) is 2.75. The van der Waals surface area contributed by atoms with Crippen LogP contribution in [0.15, 0.2) is 17.1 Å². The van der Waals surface area contributed by atoms with Crippen LogP contribution in [-0.2, 0) is 5.41 Å². The van der Waals surface area contributed by atoms with Crippen LogP contribution >= 0.6 is 0 Å². The smallest absolute Gasteiger partial charge is 0.449 e. The van der Waals surface area contributed by atoms with Crippen molar-refractivity contribution in [2.24, 2.45) is 0 Å². The number of nitriles is 1. The zero-order valence-corrected chi connectivity index (χ0v) is 11.7. The molecule has 0 saturated heterocycles. The Balaban J connectivity index is 2.24. The van der Waals surface area contributed by atoms with E-state index in [1.807, 2.05) is 6.07 Å². The zero-order valence-electron chi connectivity index (χ0n) is 11.7. The third-order valence-corrected chi connectivity index (χ3v) is 4.03. The minimum atomic E-state index is -1.71. The molecule has 0 unspecified atom stereocenters. The summed E-state index contributed by atoms with van der Waals surface area (Å²) in [7, 11) is 0. The molecule has 1 aromatic carbocycles. The van der Waals surface area contributed by atoms with Gasteiger partial charge in [0.2, 0.25) is 5.43 Å². The number of hydrogen-bond acceptors (Lipinski definition) is 4. The number of hydrogen-bond donors (Lipinski definition) is 2. The molecule has 0 radical (unpaired) electrons. The average molecular weight is 320 g/mol. The van der Waals surface area contributed by atoms with Gasteiger partial charge in [0, 0.05) is 23.6 Å². The van der Waals surface area contributed by atoms with Crippen molar-refractivity contribution in [1.29, 1.82) is 5.26 Å². The molecule has 118 valence electrons. The van der Waals surface area contributed by atoms with Gasteiger partial charge in [-0.3, -0.25) is 4.79 Å². The van der Waals surface area contributed by atoms with E-state index in [4.69, 9.17) is 10.4 Å². The number of carboxylic acid groups (broad SMARTS) is 1. The molecule has 1 aliphatic rings. The number of pyridine rings is 1. The molecule has 1 aliphatic carbocycles. The lowest BCUT2D eigenvalue weighted by Gasteiger charge is -2.15. The van der Waals surface area contributed by atoms with Crippen LogP contribution in [0.5, 0.6) is 5.75 Å². The first-order chi connectivity index (χ1) is 10.9. The van der Waals surface area contributed by atoms with Gasteiger partial charge >= 0.3 is 6.16 Å². The molecule has 0 bridgehead atoms. The SMILES string of the molecule is N#CCC1(c2c(F)cc3c(=O)c(OC(=O)O)c[nH]c3c2F)CC1. The molecule has 23 heavy (non-hydrogen) atoms. The number of carbonyl (C=O) groups is 1. The maximum Gasteiger partial charge on any atom is 0.511 e. The highest BCUT2D eigenvalue weighted by Crippen LogP contribution is 2.53. The molecule has 0 atom stereocenters. The second-order valence-electron chi connectivity index (χ2n) is 5.44. The largest absolute Gasteiger partial charge is 0.511 e. The van der Waals surface area contributed by atoms with Gasteiger partial charge in [0.25, 0.3) is 0 Å². The van der Waals surface area contributed by atoms with Gasteiger partial charge in [-0.05, 0) is 18.9 Å². The summed E-state index contributed by atoms with van der Waals surface area (Å²) >= 11 is 0. The number of halogens is 2. The number of H-pyrrole nitrogens is 1. The van der Waals surface area contributed by atoms with Crippen molar-refractivity contribution < 1.29 is 23.4 Å². The molecule has 0 spiro atoms. The van der Waals surface area contributed by atoms with E-state index in [0.29, 0.717) is 12.8 Å². The van der Waals surface area contributed by atoms with E-state index in [-0.39, 0.29) is 22.9 Å². The minimum Gasteiger partial charge on any atom is -0.449 e. The second kappa shape index (κ2) is 5.05. The molecule has 8 heteroatoms. The van der Waals surface area contributed by atoms with Crippen LogP contribution in [0.3, 0.4) is 0 Å². The summed E-state index contributed by atoms with van der Waals surface area (Å²) in [5.74, 6) is -2.44. The Morgan fingerprint density at radius 1 is 1.48 bits per heavy atom. The predicted molar refractivity (Wildman–Crippen MR) is 74.3 cm³/mol. The third-order valence-electron chi connectivity index (χ3n) is 4.03. The summed E-state index contributed by atoms with van der Waals surface area (Å²) in [4.78, 5) is 25.0. The van der Waals surface area contributed by atoms with Gasteiger partial charge in [-0.2, -0.15) is 5.26 Å². The van der Waals surface area contributed by atoms with Crippen LogP contribution in [0.25, 0.3) is 10.9 Å². The van der Waals surface area contributed by atoms with Gasteiger partial charge in [-0.15, -0.1) is 0 Å². The number of nitrogens with zero attached hydrogens (tertiary/aromatic N) is 1. The monoisotopic (exact) mass is 320 g/mol. The molecule has 6 nitrogen and oxygen atoms in total. The Kier molecular flexibility index (Phi) is 3.29. The number of benzene rings is 1. The number of aromatic nitrogens is 1. The highest BCUT2D eigenvalue weighted by Gasteiger charge is 2.48. The quantitative estimate of drug-likeness (QED) is 0.846. The van der Waals surface area contributed by atoms with Gasteiger partial charge in [0.05, 0.1) is 17.0 Å². The van der Waals surface area contributed by atoms with Gasteiger partial charge < -0.3 is 14.8 Å². The Hall–Kier alpha value is -2.95. The van der Waals surface area contributed by atoms with E-state index < -0.39 is 34.4 Å². The number of rotatable bonds is 3. The standard InChI is InChI=1S/C15H10F2N2O4/c16-8-5-7-12(19-6-9(13(7)20)23-14(21)22)11(17)10(8)15(1-2-15)3-4-18/h5-6H,1-3H2,(H,19,20)(H,21,22). The van der Waals surface area contributed by atoms with Crippen molar-refractivity contribution in [1.82, 2.24) is 4.98 Å². The molecule has 1 saturated carbocycles. The van der Waals surface area contributed by atoms with Crippen molar-refractivity contribution in [2.45, 2.75) is 24.7 Å². The first-order valence-corrected chi connectivity index (χ1v) is 6.71. The predicted octanol–water partition coefficient (Wildman–Crippen LogP) is 2.81. The number of aromatic amines is 1. The molecule has 0 aliphatic heterocycles. The summed E-state index contributed by atoms with van der Waals surface area (Å²) in [5.41, 5.74) is -2.25. The minimum absolute atomic E-state index is 0.0171. The maximum absolute atomic E-state index is 14.7. The van der Waals surface area contributed by atoms with Crippen molar-refractivity contribution >= 4 is 17.1 Å². The van der Waals surface area contributed by atoms with E-state index in [9.17, 15) is 18.4 Å². The van der Waals surface area contributed by atoms with Crippen LogP contribution in [-0.4, -0.2) is 16.2 Å². The summed E-state index contributed by atoms with van der Waals surface area (Å²) in [6.07, 6.45) is 0.164. The summed E-state index contributed by atoms with van der Waals surface area (Å²) in [6, 6.07) is 2.77. The van der Waals surface area contributed by atoms with E-state index in [1.165, 1.54) is 0 Å². The number of ether oxygens (including phenoxy) is 1. The number of nitrogens with one attached hydrogen (secondary N) is 1. The lowest BCUT2D eigenvalue weighted by Crippen LogP contribution is -2.17. The van der Waals surface area contributed by atoms with Crippen molar-refractivity contribution in [2.75, 3.05) is 0 Å². The average Bonchev–Trinajstić information content (AvgIpc) is 3.23. The highest BCUT2D eigenvalue weighted by molar-refractivity contribution is 5.82. The van der Waals surface area contributed by atoms with Crippen molar-refractivity contribution in [3.63, 3.8) is 0 Å². The van der Waals surface area contributed by atoms with E-state index in [2.05, 4.69) is 9.72 Å². The van der Waals surface area contributed by atoms with Crippen LogP contribution in [0.2, 0.25) is 0 Å². The van der Waals surface area contributed by atoms with Gasteiger partial charge in [0.15, 0.2) is 11.6 Å². The Morgan fingerprint density at radius 2 is 2.17 bits per heavy atom. The molecular formula is C15H10F2N2O4. The molecule has 2 aromatic rings. The Morgan fingerprint density at radius 3 is 2.74 bits per heavy atom. The summed E-state index contributed by atoms with van der Waals surface area (Å²) in [6.45, 7) is 0. The molecule has 1 heterocycles. The van der Waals surface area contributed by atoms with E-state index in [0.717, 1.165) is 12.3 Å². The third kappa shape index (κ3) is 2.30. The summed E-state index contributed by atoms with van der Waals surface area (Å²) in [5, 5.41) is 17.0. The summed E-state index contributed by atoms with van der Waals surface area (Å²) < 4.78 is 33.3. The highest BCUT2D eigenvalue weighted by atomic mass is 19.1. The molecule has 2 N–H and O–H groups in total. The Bertz CT molecular complexity index is 926. The fourth-order valence-corrected chi connectivity index (χ4v) is 2.75. The Labute approximate surface area is 127 Å². The number of fused-ring (bicyclic) bond motifs is 1. The first kappa shape index (κ1) is 15.0. The van der Waals surface area contributed by atoms with Crippen molar-refractivity contribution in [3.05, 3.63) is 39.7 Å². The lowest BCUT2D eigenvalue weighted by atomic mass is 9.90. The van der Waals surface area contributed by atoms with E-state index >= 15 is 0 Å². The lowest BCUT2D eigenvalue weighted by molar-refractivity contribution is 0.144. The van der Waals surface area contributed by atoms with Crippen molar-refractivity contribution in [3.8, 4) is 11.8 Å². The topological polar surface area (TPSA) is 103 Å². The second-order valence-corrected chi connectivity index (χ2v) is 5.44. The fraction of sp³-hybridized carbons (Fsp3) is 0.267. The van der Waals surface area contributed by atoms with Crippen LogP contribution in [0.4, 0.5) is 13.6 Å². The molecule has 0 amide bonds. The zero-order chi connectivity index (χ0) is 16.8. The molecule has 1 aromatic heterocycles. The first-order valence-electron chi connectivity index (χ1n) is 6.71. The van der Waals surface area contributed by atoms with Crippen LogP contribution < -0.4 is 10.2 Å².